The van der Waals surface area contributed by atoms with Crippen molar-refractivity contribution in [2.24, 2.45) is 0 Å². The summed E-state index contributed by atoms with van der Waals surface area (Å²) in [6.07, 6.45) is 1.58. The van der Waals surface area contributed by atoms with Crippen LogP contribution in [0, 0.1) is 6.92 Å². The molecule has 0 spiro atoms. The third-order valence-corrected chi connectivity index (χ3v) is 2.74. The van der Waals surface area contributed by atoms with Gasteiger partial charge in [0.1, 0.15) is 6.54 Å². The molecule has 0 saturated carbocycles. The summed E-state index contributed by atoms with van der Waals surface area (Å²) in [4.78, 5) is 23.4. The Balaban J connectivity index is 2.10. The summed E-state index contributed by atoms with van der Waals surface area (Å²) >= 11 is 0. The number of benzene rings is 1. The van der Waals surface area contributed by atoms with Crippen LogP contribution in [0.5, 0.6) is 0 Å². The van der Waals surface area contributed by atoms with Crippen LogP contribution < -0.4 is 16.6 Å². The fourth-order valence-corrected chi connectivity index (χ4v) is 1.76. The maximum atomic E-state index is 11.9. The van der Waals surface area contributed by atoms with Crippen LogP contribution in [0.1, 0.15) is 5.56 Å². The van der Waals surface area contributed by atoms with E-state index in [9.17, 15) is 9.59 Å². The summed E-state index contributed by atoms with van der Waals surface area (Å²) in [5.74, 6) is -0.249. The smallest absolute Gasteiger partial charge is 0.250 e. The number of hydrogen-bond acceptors (Lipinski definition) is 3. The predicted molar refractivity (Wildman–Crippen MR) is 74.9 cm³/mol. The molecule has 5 nitrogen and oxygen atoms in total. The first-order chi connectivity index (χ1) is 9.06. The Kier molecular flexibility index (Phi) is 3.66. The summed E-state index contributed by atoms with van der Waals surface area (Å²) in [6.45, 7) is 1.85. The summed E-state index contributed by atoms with van der Waals surface area (Å²) < 4.78 is 1.35. The number of aromatic nitrogens is 1. The molecule has 0 unspecified atom stereocenters. The third kappa shape index (κ3) is 3.22. The topological polar surface area (TPSA) is 77.1 Å². The van der Waals surface area contributed by atoms with Crippen LogP contribution in [0.25, 0.3) is 0 Å². The van der Waals surface area contributed by atoms with E-state index >= 15 is 0 Å². The van der Waals surface area contributed by atoms with E-state index in [1.807, 2.05) is 6.92 Å². The lowest BCUT2D eigenvalue weighted by atomic mass is 10.2. The highest BCUT2D eigenvalue weighted by molar-refractivity contribution is 5.91. The van der Waals surface area contributed by atoms with E-state index in [0.717, 1.165) is 5.56 Å². The molecule has 0 aliphatic rings. The van der Waals surface area contributed by atoms with Crippen LogP contribution in [0.15, 0.2) is 47.4 Å². The van der Waals surface area contributed by atoms with Crippen LogP contribution in [0.4, 0.5) is 11.4 Å². The van der Waals surface area contributed by atoms with Gasteiger partial charge in [-0.05, 0) is 36.8 Å². The Labute approximate surface area is 110 Å². The largest absolute Gasteiger partial charge is 0.399 e. The molecule has 1 aromatic carbocycles. The number of nitrogens with one attached hydrogen (secondary N) is 1. The summed E-state index contributed by atoms with van der Waals surface area (Å²) in [6, 6.07) is 10.0. The van der Waals surface area contributed by atoms with Gasteiger partial charge in [0.05, 0.1) is 0 Å². The van der Waals surface area contributed by atoms with Gasteiger partial charge in [-0.15, -0.1) is 0 Å². The Morgan fingerprint density at radius 3 is 2.79 bits per heavy atom. The average Bonchev–Trinajstić information content (AvgIpc) is 2.36. The van der Waals surface area contributed by atoms with Crippen molar-refractivity contribution in [3.63, 3.8) is 0 Å². The van der Waals surface area contributed by atoms with Gasteiger partial charge < -0.3 is 15.6 Å². The molecular weight excluding hydrogens is 242 g/mol. The Bertz CT molecular complexity index is 662. The van der Waals surface area contributed by atoms with Crippen molar-refractivity contribution in [2.45, 2.75) is 13.5 Å². The third-order valence-electron chi connectivity index (χ3n) is 2.74. The fraction of sp³-hybridized carbons (Fsp3) is 0.143. The number of nitrogen functional groups attached to an aromatic ring is 1. The summed E-state index contributed by atoms with van der Waals surface area (Å²) in [5.41, 5.74) is 7.67. The number of carbonyl (C=O) groups excluding carboxylic acids is 1. The van der Waals surface area contributed by atoms with Gasteiger partial charge in [-0.25, -0.2) is 0 Å². The van der Waals surface area contributed by atoms with Gasteiger partial charge in [-0.3, -0.25) is 9.59 Å². The van der Waals surface area contributed by atoms with Crippen LogP contribution in [-0.4, -0.2) is 10.5 Å². The first-order valence-corrected chi connectivity index (χ1v) is 5.88. The molecule has 0 saturated heterocycles. The molecule has 2 aromatic rings. The fourth-order valence-electron chi connectivity index (χ4n) is 1.76. The lowest BCUT2D eigenvalue weighted by Gasteiger charge is -2.10. The Morgan fingerprint density at radius 2 is 2.11 bits per heavy atom. The van der Waals surface area contributed by atoms with E-state index in [4.69, 9.17) is 5.73 Å². The zero-order chi connectivity index (χ0) is 13.8. The number of carbonyl (C=O) groups is 1. The van der Waals surface area contributed by atoms with Gasteiger partial charge in [0.15, 0.2) is 0 Å². The summed E-state index contributed by atoms with van der Waals surface area (Å²) in [5, 5.41) is 2.76. The van der Waals surface area contributed by atoms with E-state index in [0.29, 0.717) is 11.4 Å². The highest BCUT2D eigenvalue weighted by atomic mass is 16.2. The molecule has 2 rings (SSSR count). The van der Waals surface area contributed by atoms with Crippen molar-refractivity contribution in [1.82, 2.24) is 4.57 Å². The Hall–Kier alpha value is -2.56. The molecule has 98 valence electrons. The highest BCUT2D eigenvalue weighted by Gasteiger charge is 2.06. The van der Waals surface area contributed by atoms with Crippen LogP contribution >= 0.6 is 0 Å². The molecule has 0 fully saturated rings. The lowest BCUT2D eigenvalue weighted by Crippen LogP contribution is -2.26. The summed E-state index contributed by atoms with van der Waals surface area (Å²) in [7, 11) is 0. The molecule has 1 amide bonds. The van der Waals surface area contributed by atoms with Crippen molar-refractivity contribution < 1.29 is 4.79 Å². The Morgan fingerprint density at radius 1 is 1.32 bits per heavy atom. The van der Waals surface area contributed by atoms with Gasteiger partial charge in [-0.2, -0.15) is 0 Å². The minimum Gasteiger partial charge on any atom is -0.399 e. The second-order valence-electron chi connectivity index (χ2n) is 4.29. The lowest BCUT2D eigenvalue weighted by molar-refractivity contribution is -0.116. The number of anilines is 2. The first-order valence-electron chi connectivity index (χ1n) is 5.88. The molecule has 1 aromatic heterocycles. The van der Waals surface area contributed by atoms with Crippen molar-refractivity contribution in [1.29, 1.82) is 0 Å². The molecule has 3 N–H and O–H groups in total. The second-order valence-corrected chi connectivity index (χ2v) is 4.29. The number of aryl methyl sites for hydroxylation is 1. The van der Waals surface area contributed by atoms with Crippen LogP contribution in [0.2, 0.25) is 0 Å². The van der Waals surface area contributed by atoms with Crippen molar-refractivity contribution in [3.05, 3.63) is 58.5 Å². The molecule has 0 radical (unpaired) electrons. The zero-order valence-corrected chi connectivity index (χ0v) is 10.6. The number of pyridine rings is 1. The number of rotatable bonds is 3. The van der Waals surface area contributed by atoms with E-state index < -0.39 is 0 Å². The molecule has 0 aliphatic carbocycles. The average molecular weight is 257 g/mol. The number of hydrogen-bond donors (Lipinski definition) is 2. The zero-order valence-electron chi connectivity index (χ0n) is 10.6. The van der Waals surface area contributed by atoms with Crippen molar-refractivity contribution in [3.8, 4) is 0 Å². The molecule has 1 heterocycles. The van der Waals surface area contributed by atoms with Gasteiger partial charge in [0.2, 0.25) is 5.91 Å². The quantitative estimate of drug-likeness (QED) is 0.815. The minimum absolute atomic E-state index is 0.0104. The number of nitrogens with zero attached hydrogens (tertiary/aromatic N) is 1. The molecule has 19 heavy (non-hydrogen) atoms. The van der Waals surface area contributed by atoms with Gasteiger partial charge >= 0.3 is 0 Å². The normalized spacial score (nSPS) is 10.2. The standard InChI is InChI=1S/C14H15N3O2/c1-10-8-11(15)5-6-12(10)16-13(18)9-17-7-3-2-4-14(17)19/h2-8H,9,15H2,1H3,(H,16,18). The SMILES string of the molecule is Cc1cc(N)ccc1NC(=O)Cn1ccccc1=O. The van der Waals surface area contributed by atoms with Crippen LogP contribution in [-0.2, 0) is 11.3 Å². The first kappa shape index (κ1) is 12.9. The number of nitrogens with two attached hydrogens (primary N) is 1. The van der Waals surface area contributed by atoms with E-state index in [1.165, 1.54) is 10.6 Å². The molecule has 0 bridgehead atoms. The molecular formula is C14H15N3O2. The maximum absolute atomic E-state index is 11.9. The van der Waals surface area contributed by atoms with Gasteiger partial charge in [0.25, 0.3) is 5.56 Å². The highest BCUT2D eigenvalue weighted by Crippen LogP contribution is 2.17. The van der Waals surface area contributed by atoms with E-state index in [-0.39, 0.29) is 18.0 Å². The monoisotopic (exact) mass is 257 g/mol. The van der Waals surface area contributed by atoms with Gasteiger partial charge in [-0.1, -0.05) is 6.07 Å². The maximum Gasteiger partial charge on any atom is 0.250 e. The van der Waals surface area contributed by atoms with E-state index in [2.05, 4.69) is 5.32 Å². The predicted octanol–water partition coefficient (Wildman–Crippen LogP) is 1.38. The molecule has 5 heteroatoms. The molecule has 0 atom stereocenters. The number of amides is 1. The second kappa shape index (κ2) is 5.39. The van der Waals surface area contributed by atoms with Crippen molar-refractivity contribution >= 4 is 17.3 Å². The van der Waals surface area contributed by atoms with Crippen molar-refractivity contribution in [2.75, 3.05) is 11.1 Å². The van der Waals surface area contributed by atoms with Gasteiger partial charge in [0, 0.05) is 23.6 Å². The molecule has 0 aliphatic heterocycles. The van der Waals surface area contributed by atoms with E-state index in [1.54, 1.807) is 36.5 Å². The van der Waals surface area contributed by atoms with Crippen LogP contribution in [0.3, 0.4) is 0 Å². The minimum atomic E-state index is -0.249.